The van der Waals surface area contributed by atoms with E-state index in [2.05, 4.69) is 0 Å². The Bertz CT molecular complexity index is 810. The number of aromatic carboxylic acids is 1. The Morgan fingerprint density at radius 3 is 2.39 bits per heavy atom. The summed E-state index contributed by atoms with van der Waals surface area (Å²) in [6, 6.07) is 24.4. The number of hydrogen-bond donors (Lipinski definition) is 1. The molecular formula is C20H16O3. The van der Waals surface area contributed by atoms with E-state index < -0.39 is 5.97 Å². The van der Waals surface area contributed by atoms with Gasteiger partial charge >= 0.3 is 5.97 Å². The van der Waals surface area contributed by atoms with E-state index in [0.29, 0.717) is 17.9 Å². The molecule has 0 unspecified atom stereocenters. The van der Waals surface area contributed by atoms with E-state index in [1.807, 2.05) is 60.7 Å². The van der Waals surface area contributed by atoms with E-state index in [1.165, 1.54) is 0 Å². The maximum atomic E-state index is 11.4. The first-order valence-electron chi connectivity index (χ1n) is 7.33. The van der Waals surface area contributed by atoms with Gasteiger partial charge in [-0.2, -0.15) is 0 Å². The SMILES string of the molecule is O=C(O)c1ccccc1-c1cccc(OCc2ccccc2)c1. The number of carboxylic acid groups (broad SMARTS) is 1. The first-order valence-corrected chi connectivity index (χ1v) is 7.33. The topological polar surface area (TPSA) is 46.5 Å². The Balaban J connectivity index is 1.84. The van der Waals surface area contributed by atoms with Crippen molar-refractivity contribution in [3.05, 3.63) is 90.0 Å². The number of carboxylic acids is 1. The third-order valence-corrected chi connectivity index (χ3v) is 3.55. The fourth-order valence-electron chi connectivity index (χ4n) is 2.42. The Hall–Kier alpha value is -3.07. The molecule has 0 fully saturated rings. The lowest BCUT2D eigenvalue weighted by molar-refractivity contribution is 0.0697. The van der Waals surface area contributed by atoms with Gasteiger partial charge in [0.1, 0.15) is 12.4 Å². The molecule has 0 aliphatic rings. The van der Waals surface area contributed by atoms with Crippen LogP contribution in [0.5, 0.6) is 5.75 Å². The van der Waals surface area contributed by atoms with E-state index in [9.17, 15) is 9.90 Å². The minimum Gasteiger partial charge on any atom is -0.489 e. The van der Waals surface area contributed by atoms with E-state index in [0.717, 1.165) is 11.1 Å². The first-order chi connectivity index (χ1) is 11.2. The molecule has 0 heterocycles. The second-order valence-electron chi connectivity index (χ2n) is 5.15. The molecule has 3 rings (SSSR count). The fourth-order valence-corrected chi connectivity index (χ4v) is 2.42. The molecule has 0 aromatic heterocycles. The minimum atomic E-state index is -0.934. The first kappa shape index (κ1) is 14.9. The molecule has 0 amide bonds. The van der Waals surface area contributed by atoms with Gasteiger partial charge in [0.2, 0.25) is 0 Å². The predicted octanol–water partition coefficient (Wildman–Crippen LogP) is 4.63. The quantitative estimate of drug-likeness (QED) is 0.747. The molecule has 114 valence electrons. The maximum Gasteiger partial charge on any atom is 0.336 e. The van der Waals surface area contributed by atoms with Crippen LogP contribution in [0.3, 0.4) is 0 Å². The largest absolute Gasteiger partial charge is 0.489 e. The number of hydrogen-bond acceptors (Lipinski definition) is 2. The molecule has 1 N–H and O–H groups in total. The molecule has 0 aliphatic heterocycles. The van der Waals surface area contributed by atoms with Gasteiger partial charge in [-0.1, -0.05) is 60.7 Å². The highest BCUT2D eigenvalue weighted by Crippen LogP contribution is 2.27. The third-order valence-electron chi connectivity index (χ3n) is 3.55. The minimum absolute atomic E-state index is 0.285. The van der Waals surface area contributed by atoms with Crippen LogP contribution in [-0.2, 0) is 6.61 Å². The van der Waals surface area contributed by atoms with Crippen LogP contribution < -0.4 is 4.74 Å². The monoisotopic (exact) mass is 304 g/mol. The second kappa shape index (κ2) is 6.79. The molecule has 0 radical (unpaired) electrons. The third kappa shape index (κ3) is 3.58. The van der Waals surface area contributed by atoms with Crippen molar-refractivity contribution >= 4 is 5.97 Å². The fraction of sp³-hybridized carbons (Fsp3) is 0.0500. The van der Waals surface area contributed by atoms with Gasteiger partial charge in [-0.15, -0.1) is 0 Å². The summed E-state index contributed by atoms with van der Waals surface area (Å²) in [5.74, 6) is -0.220. The normalized spacial score (nSPS) is 10.3. The van der Waals surface area contributed by atoms with Crippen LogP contribution in [0.4, 0.5) is 0 Å². The molecule has 0 saturated carbocycles. The summed E-state index contributed by atoms with van der Waals surface area (Å²) in [4.78, 5) is 11.4. The highest BCUT2D eigenvalue weighted by molar-refractivity contribution is 5.96. The van der Waals surface area contributed by atoms with Gasteiger partial charge in [0.25, 0.3) is 0 Å². The molecule has 0 atom stereocenters. The zero-order valence-corrected chi connectivity index (χ0v) is 12.5. The molecule has 0 aliphatic carbocycles. The van der Waals surface area contributed by atoms with E-state index in [1.54, 1.807) is 18.2 Å². The molecular weight excluding hydrogens is 288 g/mol. The lowest BCUT2D eigenvalue weighted by Gasteiger charge is -2.10. The summed E-state index contributed by atoms with van der Waals surface area (Å²) in [5, 5.41) is 9.32. The van der Waals surface area contributed by atoms with Crippen molar-refractivity contribution < 1.29 is 14.6 Å². The van der Waals surface area contributed by atoms with Crippen molar-refractivity contribution in [1.29, 1.82) is 0 Å². The summed E-state index contributed by atoms with van der Waals surface area (Å²) in [6.45, 7) is 0.477. The average Bonchev–Trinajstić information content (AvgIpc) is 2.61. The smallest absolute Gasteiger partial charge is 0.336 e. The van der Waals surface area contributed by atoms with Gasteiger partial charge in [0, 0.05) is 0 Å². The molecule has 3 nitrogen and oxygen atoms in total. The highest BCUT2D eigenvalue weighted by Gasteiger charge is 2.11. The van der Waals surface area contributed by atoms with E-state index in [-0.39, 0.29) is 5.56 Å². The summed E-state index contributed by atoms with van der Waals surface area (Å²) >= 11 is 0. The second-order valence-corrected chi connectivity index (χ2v) is 5.15. The summed E-state index contributed by atoms with van der Waals surface area (Å²) in [7, 11) is 0. The van der Waals surface area contributed by atoms with Gasteiger partial charge in [-0.05, 0) is 34.9 Å². The van der Waals surface area contributed by atoms with Crippen molar-refractivity contribution in [1.82, 2.24) is 0 Å². The van der Waals surface area contributed by atoms with Crippen LogP contribution in [0.25, 0.3) is 11.1 Å². The molecule has 0 bridgehead atoms. The van der Waals surface area contributed by atoms with Gasteiger partial charge in [-0.3, -0.25) is 0 Å². The van der Waals surface area contributed by atoms with Crippen LogP contribution in [0, 0.1) is 0 Å². The Labute approximate surface area is 134 Å². The molecule has 3 aromatic carbocycles. The van der Waals surface area contributed by atoms with Gasteiger partial charge in [-0.25, -0.2) is 4.79 Å². The van der Waals surface area contributed by atoms with Crippen LogP contribution in [0.15, 0.2) is 78.9 Å². The molecule has 3 aromatic rings. The molecule has 23 heavy (non-hydrogen) atoms. The standard InChI is InChI=1S/C20H16O3/c21-20(22)19-12-5-4-11-18(19)16-9-6-10-17(13-16)23-14-15-7-2-1-3-8-15/h1-13H,14H2,(H,21,22). The Kier molecular flexibility index (Phi) is 4.39. The van der Waals surface area contributed by atoms with Crippen molar-refractivity contribution in [3.8, 4) is 16.9 Å². The molecule has 3 heteroatoms. The summed E-state index contributed by atoms with van der Waals surface area (Å²) in [6.07, 6.45) is 0. The van der Waals surface area contributed by atoms with Crippen molar-refractivity contribution in [2.45, 2.75) is 6.61 Å². The van der Waals surface area contributed by atoms with E-state index in [4.69, 9.17) is 4.74 Å². The lowest BCUT2D eigenvalue weighted by Crippen LogP contribution is -1.99. The highest BCUT2D eigenvalue weighted by atomic mass is 16.5. The van der Waals surface area contributed by atoms with Crippen LogP contribution in [0.2, 0.25) is 0 Å². The number of ether oxygens (including phenoxy) is 1. The summed E-state index contributed by atoms with van der Waals surface area (Å²) in [5.41, 5.74) is 2.88. The Morgan fingerprint density at radius 2 is 1.61 bits per heavy atom. The van der Waals surface area contributed by atoms with Crippen LogP contribution >= 0.6 is 0 Å². The maximum absolute atomic E-state index is 11.4. The van der Waals surface area contributed by atoms with Gasteiger partial charge < -0.3 is 9.84 Å². The number of carbonyl (C=O) groups is 1. The molecule has 0 saturated heterocycles. The van der Waals surface area contributed by atoms with Crippen molar-refractivity contribution in [3.63, 3.8) is 0 Å². The van der Waals surface area contributed by atoms with E-state index >= 15 is 0 Å². The lowest BCUT2D eigenvalue weighted by atomic mass is 9.99. The van der Waals surface area contributed by atoms with Gasteiger partial charge in [0.05, 0.1) is 5.56 Å². The van der Waals surface area contributed by atoms with Crippen molar-refractivity contribution in [2.75, 3.05) is 0 Å². The predicted molar refractivity (Wildman–Crippen MR) is 89.6 cm³/mol. The zero-order chi connectivity index (χ0) is 16.1. The Morgan fingerprint density at radius 1 is 0.870 bits per heavy atom. The number of rotatable bonds is 5. The zero-order valence-electron chi connectivity index (χ0n) is 12.5. The van der Waals surface area contributed by atoms with Crippen LogP contribution in [0.1, 0.15) is 15.9 Å². The van der Waals surface area contributed by atoms with Crippen molar-refractivity contribution in [2.24, 2.45) is 0 Å². The molecule has 0 spiro atoms. The number of benzene rings is 3. The average molecular weight is 304 g/mol. The van der Waals surface area contributed by atoms with Crippen LogP contribution in [-0.4, -0.2) is 11.1 Å². The van der Waals surface area contributed by atoms with Gasteiger partial charge in [0.15, 0.2) is 0 Å². The summed E-state index contributed by atoms with van der Waals surface area (Å²) < 4.78 is 5.81.